The highest BCUT2D eigenvalue weighted by Gasteiger charge is 2.31. The Labute approximate surface area is 214 Å². The maximum absolute atomic E-state index is 13.1. The van der Waals surface area contributed by atoms with E-state index < -0.39 is 17.8 Å². The lowest BCUT2D eigenvalue weighted by atomic mass is 9.97. The first-order valence-electron chi connectivity index (χ1n) is 12.4. The van der Waals surface area contributed by atoms with E-state index in [1.807, 2.05) is 30.3 Å². The number of halogens is 3. The maximum Gasteiger partial charge on any atom is 0.416 e. The Morgan fingerprint density at radius 2 is 1.73 bits per heavy atom. The molecule has 1 aliphatic rings. The van der Waals surface area contributed by atoms with Crippen LogP contribution in [0.1, 0.15) is 37.3 Å². The van der Waals surface area contributed by atoms with Gasteiger partial charge in [-0.2, -0.15) is 13.2 Å². The van der Waals surface area contributed by atoms with Gasteiger partial charge in [-0.1, -0.05) is 36.4 Å². The van der Waals surface area contributed by atoms with Gasteiger partial charge in [-0.25, -0.2) is 4.79 Å². The number of anilines is 1. The van der Waals surface area contributed by atoms with Crippen LogP contribution >= 0.6 is 0 Å². The van der Waals surface area contributed by atoms with Crippen LogP contribution in [-0.4, -0.2) is 60.5 Å². The molecule has 0 aliphatic carbocycles. The third-order valence-corrected chi connectivity index (χ3v) is 6.30. The lowest BCUT2D eigenvalue weighted by molar-refractivity contribution is -0.151. The van der Waals surface area contributed by atoms with Gasteiger partial charge in [0.05, 0.1) is 18.1 Å². The number of rotatable bonds is 9. The molecule has 10 heteroatoms. The van der Waals surface area contributed by atoms with Gasteiger partial charge in [0.25, 0.3) is 0 Å². The van der Waals surface area contributed by atoms with Crippen LogP contribution in [0.25, 0.3) is 0 Å². The van der Waals surface area contributed by atoms with E-state index in [4.69, 9.17) is 4.74 Å². The normalized spacial score (nSPS) is 14.2. The van der Waals surface area contributed by atoms with Gasteiger partial charge in [-0.15, -0.1) is 0 Å². The predicted molar refractivity (Wildman–Crippen MR) is 133 cm³/mol. The zero-order chi connectivity index (χ0) is 26.8. The monoisotopic (exact) mass is 519 g/mol. The van der Waals surface area contributed by atoms with Crippen LogP contribution < -0.4 is 5.32 Å². The number of esters is 1. The van der Waals surface area contributed by atoms with Gasteiger partial charge < -0.3 is 19.9 Å². The van der Waals surface area contributed by atoms with Crippen LogP contribution in [0.3, 0.4) is 0 Å². The van der Waals surface area contributed by atoms with Gasteiger partial charge >= 0.3 is 18.2 Å². The highest BCUT2D eigenvalue weighted by molar-refractivity contribution is 5.90. The summed E-state index contributed by atoms with van der Waals surface area (Å²) in [4.78, 5) is 40.9. The highest BCUT2D eigenvalue weighted by Crippen LogP contribution is 2.30. The fourth-order valence-electron chi connectivity index (χ4n) is 4.21. The maximum atomic E-state index is 13.1. The minimum absolute atomic E-state index is 0.0249. The van der Waals surface area contributed by atoms with E-state index in [1.165, 1.54) is 17.0 Å². The molecule has 1 N–H and O–H groups in total. The van der Waals surface area contributed by atoms with Crippen molar-refractivity contribution in [2.75, 3.05) is 38.1 Å². The number of carbonyl (C=O) groups excluding carboxylic acids is 3. The van der Waals surface area contributed by atoms with Gasteiger partial charge in [0, 0.05) is 38.3 Å². The molecule has 0 atom stereocenters. The van der Waals surface area contributed by atoms with Crippen molar-refractivity contribution in [3.8, 4) is 0 Å². The van der Waals surface area contributed by atoms with E-state index >= 15 is 0 Å². The number of nitrogens with one attached hydrogen (secondary N) is 1. The lowest BCUT2D eigenvalue weighted by Gasteiger charge is -2.31. The predicted octanol–water partition coefficient (Wildman–Crippen LogP) is 4.97. The second-order valence-electron chi connectivity index (χ2n) is 8.89. The standard InChI is InChI=1S/C27H32F3N3O4/c1-2-37-25(35)21-12-16-32(17-13-21)24(34)14-18-33(15-11-20-7-4-3-5-8-20)26(36)31-23-10-6-9-22(19-23)27(28,29)30/h3-10,19,21H,2,11-18H2,1H3,(H,31,36). The molecule has 37 heavy (non-hydrogen) atoms. The Morgan fingerprint density at radius 1 is 1.03 bits per heavy atom. The molecule has 3 rings (SSSR count). The summed E-state index contributed by atoms with van der Waals surface area (Å²) in [6.07, 6.45) is -2.89. The Kier molecular flexibility index (Phi) is 9.93. The molecule has 2 aromatic carbocycles. The van der Waals surface area contributed by atoms with Crippen molar-refractivity contribution in [1.82, 2.24) is 9.80 Å². The van der Waals surface area contributed by atoms with E-state index in [2.05, 4.69) is 5.32 Å². The largest absolute Gasteiger partial charge is 0.466 e. The Morgan fingerprint density at radius 3 is 2.38 bits per heavy atom. The van der Waals surface area contributed by atoms with E-state index in [0.29, 0.717) is 39.0 Å². The van der Waals surface area contributed by atoms with E-state index in [9.17, 15) is 27.6 Å². The first-order chi connectivity index (χ1) is 17.7. The molecule has 200 valence electrons. The van der Waals surface area contributed by atoms with Crippen LogP contribution in [0, 0.1) is 5.92 Å². The van der Waals surface area contributed by atoms with Gasteiger partial charge in [-0.05, 0) is 49.9 Å². The number of nitrogens with zero attached hydrogens (tertiary/aromatic N) is 2. The van der Waals surface area contributed by atoms with Crippen molar-refractivity contribution in [3.05, 3.63) is 65.7 Å². The second-order valence-corrected chi connectivity index (χ2v) is 8.89. The molecule has 0 aromatic heterocycles. The van der Waals surface area contributed by atoms with Crippen LogP contribution in [0.2, 0.25) is 0 Å². The second kappa shape index (κ2) is 13.1. The molecule has 1 saturated heterocycles. The van der Waals surface area contributed by atoms with Crippen molar-refractivity contribution >= 4 is 23.6 Å². The van der Waals surface area contributed by atoms with Gasteiger partial charge in [0.2, 0.25) is 5.91 Å². The van der Waals surface area contributed by atoms with Gasteiger partial charge in [0.1, 0.15) is 0 Å². The average molecular weight is 520 g/mol. The number of carbonyl (C=O) groups is 3. The number of hydrogen-bond acceptors (Lipinski definition) is 4. The zero-order valence-electron chi connectivity index (χ0n) is 20.8. The van der Waals surface area contributed by atoms with Crippen molar-refractivity contribution < 1.29 is 32.3 Å². The molecule has 2 aromatic rings. The molecule has 1 fully saturated rings. The molecule has 1 heterocycles. The quantitative estimate of drug-likeness (QED) is 0.475. The van der Waals surface area contributed by atoms with Crippen molar-refractivity contribution in [1.29, 1.82) is 0 Å². The van der Waals surface area contributed by atoms with Gasteiger partial charge in [0.15, 0.2) is 0 Å². The summed E-state index contributed by atoms with van der Waals surface area (Å²) in [5.74, 6) is -0.601. The zero-order valence-corrected chi connectivity index (χ0v) is 20.8. The fraction of sp³-hybridized carbons (Fsp3) is 0.444. The number of piperidine rings is 1. The summed E-state index contributed by atoms with van der Waals surface area (Å²) in [5, 5.41) is 2.53. The third-order valence-electron chi connectivity index (χ3n) is 6.30. The van der Waals surface area contributed by atoms with E-state index in [-0.39, 0.29) is 43.0 Å². The summed E-state index contributed by atoms with van der Waals surface area (Å²) >= 11 is 0. The lowest BCUT2D eigenvalue weighted by Crippen LogP contribution is -2.43. The highest BCUT2D eigenvalue weighted by atomic mass is 19.4. The topological polar surface area (TPSA) is 79.0 Å². The molecule has 1 aliphatic heterocycles. The average Bonchev–Trinajstić information content (AvgIpc) is 2.89. The number of likely N-dealkylation sites (tertiary alicyclic amines) is 1. The van der Waals surface area contributed by atoms with Gasteiger partial charge in [-0.3, -0.25) is 9.59 Å². The van der Waals surface area contributed by atoms with E-state index in [0.717, 1.165) is 17.7 Å². The SMILES string of the molecule is CCOC(=O)C1CCN(C(=O)CCN(CCc2ccccc2)C(=O)Nc2cccc(C(F)(F)F)c2)CC1. The van der Waals surface area contributed by atoms with Crippen molar-refractivity contribution in [2.45, 2.75) is 38.8 Å². The smallest absolute Gasteiger partial charge is 0.416 e. The summed E-state index contributed by atoms with van der Waals surface area (Å²) < 4.78 is 44.3. The number of ether oxygens (including phenoxy) is 1. The summed E-state index contributed by atoms with van der Waals surface area (Å²) in [7, 11) is 0. The molecule has 0 spiro atoms. The van der Waals surface area contributed by atoms with Crippen molar-refractivity contribution in [2.24, 2.45) is 5.92 Å². The summed E-state index contributed by atoms with van der Waals surface area (Å²) in [5.41, 5.74) is 0.158. The minimum atomic E-state index is -4.53. The molecule has 0 unspecified atom stereocenters. The number of amides is 3. The Balaban J connectivity index is 1.61. The molecule has 0 bridgehead atoms. The number of hydrogen-bond donors (Lipinski definition) is 1. The van der Waals surface area contributed by atoms with Crippen LogP contribution in [-0.2, 0) is 26.9 Å². The number of alkyl halides is 3. The van der Waals surface area contributed by atoms with Crippen LogP contribution in [0.15, 0.2) is 54.6 Å². The molecular weight excluding hydrogens is 487 g/mol. The van der Waals surface area contributed by atoms with Crippen LogP contribution in [0.5, 0.6) is 0 Å². The van der Waals surface area contributed by atoms with E-state index in [1.54, 1.807) is 11.8 Å². The Bertz CT molecular complexity index is 1050. The summed E-state index contributed by atoms with van der Waals surface area (Å²) in [6, 6.07) is 13.3. The Hall–Kier alpha value is -3.56. The first kappa shape index (κ1) is 28.0. The van der Waals surface area contributed by atoms with Crippen LogP contribution in [0.4, 0.5) is 23.7 Å². The molecule has 0 saturated carbocycles. The molecule has 0 radical (unpaired) electrons. The molecule has 7 nitrogen and oxygen atoms in total. The molecular formula is C27H32F3N3O4. The molecule has 3 amide bonds. The first-order valence-corrected chi connectivity index (χ1v) is 12.4. The minimum Gasteiger partial charge on any atom is -0.466 e. The number of benzene rings is 2. The van der Waals surface area contributed by atoms with Crippen molar-refractivity contribution in [3.63, 3.8) is 0 Å². The summed E-state index contributed by atoms with van der Waals surface area (Å²) in [6.45, 7) is 3.33. The number of urea groups is 1. The fourth-order valence-corrected chi connectivity index (χ4v) is 4.21. The third kappa shape index (κ3) is 8.51.